The molecule has 1 saturated heterocycles. The van der Waals surface area contributed by atoms with Gasteiger partial charge in [0, 0.05) is 18.9 Å². The molecule has 11 nitrogen and oxygen atoms in total. The van der Waals surface area contributed by atoms with Crippen LogP contribution >= 0.6 is 9.03 Å². The number of esters is 1. The number of H-pyrrole nitrogens is 1. The van der Waals surface area contributed by atoms with Crippen LogP contribution in [0, 0.1) is 5.15 Å². The van der Waals surface area contributed by atoms with Crippen LogP contribution in [0.15, 0.2) is 15.8 Å². The molecule has 0 saturated carbocycles. The molecule has 25 heavy (non-hydrogen) atoms. The lowest BCUT2D eigenvalue weighted by atomic mass is 10.1. The van der Waals surface area contributed by atoms with Crippen LogP contribution in [-0.4, -0.2) is 64.9 Å². The number of ether oxygens (including phenoxy) is 3. The van der Waals surface area contributed by atoms with E-state index >= 15 is 0 Å². The van der Waals surface area contributed by atoms with Crippen LogP contribution in [0.4, 0.5) is 0 Å². The second kappa shape index (κ2) is 9.54. The quantitative estimate of drug-likeness (QED) is 0.351. The van der Waals surface area contributed by atoms with E-state index in [0.717, 1.165) is 10.8 Å². The smallest absolute Gasteiger partial charge is 0.330 e. The summed E-state index contributed by atoms with van der Waals surface area (Å²) in [4.78, 5) is 37.2. The van der Waals surface area contributed by atoms with Gasteiger partial charge in [0.25, 0.3) is 5.56 Å². The van der Waals surface area contributed by atoms with Crippen molar-refractivity contribution in [3.05, 3.63) is 32.6 Å². The van der Waals surface area contributed by atoms with Crippen molar-refractivity contribution in [2.75, 3.05) is 20.8 Å². The fourth-order valence-corrected chi connectivity index (χ4v) is 2.42. The van der Waals surface area contributed by atoms with Gasteiger partial charge in [-0.25, -0.2) is 4.79 Å². The Hall–Kier alpha value is -1.91. The van der Waals surface area contributed by atoms with Gasteiger partial charge < -0.3 is 24.4 Å². The van der Waals surface area contributed by atoms with E-state index in [0.29, 0.717) is 0 Å². The standard InChI is InChI=1S/C13H18N2O8.H2NP/c1-21-8(17)3-6-4-15(13(20)14-11(6)19)12-10(22-2)9(18)7(5-16)23-12;1-2/h4,7,9-10,12,16,18H,3,5H2,1-2H3,(H,14,19,20);1-2H/t7-,9?,10+,12-;/m1./s1/i/hT. The first-order valence-corrected chi connectivity index (χ1v) is 7.48. The Morgan fingerprint density at radius 3 is 2.72 bits per heavy atom. The van der Waals surface area contributed by atoms with Crippen LogP contribution in [0.2, 0.25) is 1.41 Å². The lowest BCUT2D eigenvalue weighted by molar-refractivity contribution is -0.139. The third-order valence-electron chi connectivity index (χ3n) is 3.64. The predicted octanol–water partition coefficient (Wildman–Crippen LogP) is -1.59. The fraction of sp³-hybridized carbons (Fsp3) is 0.615. The molecular weight excluding hydrogens is 357 g/mol. The molecule has 1 aromatic heterocycles. The zero-order valence-corrected chi connectivity index (χ0v) is 14.5. The first kappa shape index (κ1) is 19.4. The van der Waals surface area contributed by atoms with E-state index in [-0.39, 0.29) is 12.0 Å². The molecule has 2 rings (SSSR count). The summed E-state index contributed by atoms with van der Waals surface area (Å²) >= 11 is 0. The maximum Gasteiger partial charge on any atom is 0.330 e. The molecule has 12 heteroatoms. The van der Waals surface area contributed by atoms with Gasteiger partial charge in [-0.1, -0.05) is 0 Å². The van der Waals surface area contributed by atoms with Crippen LogP contribution in [0.25, 0.3) is 0 Å². The van der Waals surface area contributed by atoms with Crippen LogP contribution in [0.1, 0.15) is 11.8 Å². The Balaban J connectivity index is 0.00000105. The highest BCUT2D eigenvalue weighted by Gasteiger charge is 2.45. The van der Waals surface area contributed by atoms with Crippen molar-refractivity contribution >= 4 is 15.0 Å². The van der Waals surface area contributed by atoms with E-state index in [1.54, 1.807) is 0 Å². The van der Waals surface area contributed by atoms with Gasteiger partial charge in [-0.2, -0.15) is 0 Å². The van der Waals surface area contributed by atoms with Gasteiger partial charge in [-0.15, -0.1) is 0 Å². The lowest BCUT2D eigenvalue weighted by Crippen LogP contribution is -2.40. The minimum Gasteiger partial charge on any atom is -0.469 e. The van der Waals surface area contributed by atoms with Crippen molar-refractivity contribution in [1.29, 1.82) is 5.15 Å². The number of aliphatic hydroxyl groups is 2. The fourth-order valence-electron chi connectivity index (χ4n) is 2.42. The van der Waals surface area contributed by atoms with Crippen molar-refractivity contribution in [3.8, 4) is 0 Å². The summed E-state index contributed by atoms with van der Waals surface area (Å²) in [6.07, 6.45) is -3.26. The van der Waals surface area contributed by atoms with Gasteiger partial charge in [-0.3, -0.25) is 24.3 Å². The highest BCUT2D eigenvalue weighted by molar-refractivity contribution is 7.02. The van der Waals surface area contributed by atoms with Gasteiger partial charge in [0.1, 0.15) is 18.3 Å². The van der Waals surface area contributed by atoms with Crippen molar-refractivity contribution in [2.24, 2.45) is 0 Å². The average molecular weight is 379 g/mol. The molecule has 0 bridgehead atoms. The van der Waals surface area contributed by atoms with Gasteiger partial charge in [-0.05, 0) is 9.03 Å². The molecule has 0 amide bonds. The molecule has 1 unspecified atom stereocenters. The van der Waals surface area contributed by atoms with Gasteiger partial charge in [0.2, 0.25) is 0 Å². The molecule has 1 aliphatic heterocycles. The highest BCUT2D eigenvalue weighted by Crippen LogP contribution is 2.30. The molecule has 0 aliphatic carbocycles. The summed E-state index contributed by atoms with van der Waals surface area (Å²) in [5, 5.41) is 21.7. The van der Waals surface area contributed by atoms with Crippen molar-refractivity contribution in [2.45, 2.75) is 31.0 Å². The number of aromatic nitrogens is 2. The van der Waals surface area contributed by atoms with E-state index in [1.165, 1.54) is 14.2 Å². The van der Waals surface area contributed by atoms with Gasteiger partial charge >= 0.3 is 11.7 Å². The summed E-state index contributed by atoms with van der Waals surface area (Å²) in [6, 6.07) is 0. The Kier molecular flexibility index (Phi) is 7.41. The molecule has 1 fully saturated rings. The largest absolute Gasteiger partial charge is 0.469 e. The Bertz CT molecular complexity index is 739. The molecule has 1 aromatic rings. The number of nitrogens with zero attached hydrogens (tertiary/aromatic N) is 1. The molecule has 0 radical (unpaired) electrons. The number of carbonyl (C=O) groups is 1. The number of hydrogen-bond donors (Lipinski definition) is 4. The minimum atomic E-state index is -1.15. The SMILES string of the molecule is COC(=O)Cc1cn([C@@H]2O[C@H](CO)C(O)[C@@H]2OC)c(=O)[nH]c1=O.[3H]N=P. The number of methoxy groups -OCH3 is 2. The second-order valence-electron chi connectivity index (χ2n) is 5.01. The third kappa shape index (κ3) is 4.59. The minimum absolute atomic E-state index is 0.00292. The topological polar surface area (TPSA) is 164 Å². The van der Waals surface area contributed by atoms with Crippen LogP contribution < -0.4 is 11.2 Å². The number of aliphatic hydroxyl groups excluding tert-OH is 2. The number of rotatable bonds is 5. The zero-order valence-electron chi connectivity index (χ0n) is 14.5. The Morgan fingerprint density at radius 2 is 2.20 bits per heavy atom. The highest BCUT2D eigenvalue weighted by atomic mass is 31.0. The normalized spacial score (nSPS) is 25.5. The molecule has 0 spiro atoms. The van der Waals surface area contributed by atoms with Crippen LogP contribution in [-0.2, 0) is 25.4 Å². The second-order valence-corrected chi connectivity index (χ2v) is 5.01. The first-order valence-electron chi connectivity index (χ1n) is 7.48. The first-order chi connectivity index (χ1) is 12.3. The molecular formula is C13H20N3O8P. The maximum atomic E-state index is 12.0. The van der Waals surface area contributed by atoms with E-state index in [2.05, 4.69) is 23.9 Å². The predicted molar refractivity (Wildman–Crippen MR) is 85.9 cm³/mol. The van der Waals surface area contributed by atoms with E-state index in [9.17, 15) is 24.6 Å². The molecule has 0 aromatic carbocycles. The molecule has 4 N–H and O–H groups in total. The summed E-state index contributed by atoms with van der Waals surface area (Å²) in [6.45, 7) is -0.468. The van der Waals surface area contributed by atoms with E-state index in [4.69, 9.17) is 10.9 Å². The van der Waals surface area contributed by atoms with Crippen LogP contribution in [0.3, 0.4) is 0 Å². The molecule has 140 valence electrons. The average Bonchev–Trinajstić information content (AvgIpc) is 2.93. The number of nitrogens with one attached hydrogen (secondary N) is 2. The Labute approximate surface area is 145 Å². The lowest BCUT2D eigenvalue weighted by Gasteiger charge is -2.20. The Morgan fingerprint density at radius 1 is 1.56 bits per heavy atom. The molecule has 2 heterocycles. The number of carbonyl (C=O) groups excluding carboxylic acids is 1. The molecule has 4 atom stereocenters. The summed E-state index contributed by atoms with van der Waals surface area (Å²) in [7, 11) is 4.97. The van der Waals surface area contributed by atoms with Gasteiger partial charge in [0.15, 0.2) is 7.64 Å². The number of aromatic amines is 1. The van der Waals surface area contributed by atoms with E-state index < -0.39 is 48.4 Å². The summed E-state index contributed by atoms with van der Waals surface area (Å²) in [5.41, 5.74) is -1.51. The van der Waals surface area contributed by atoms with Crippen molar-refractivity contribution < 1.29 is 30.6 Å². The van der Waals surface area contributed by atoms with Crippen LogP contribution in [0.5, 0.6) is 0 Å². The van der Waals surface area contributed by atoms with Crippen molar-refractivity contribution in [3.63, 3.8) is 0 Å². The van der Waals surface area contributed by atoms with Gasteiger partial charge in [0.05, 0.1) is 20.1 Å². The number of hydrogen-bond acceptors (Lipinski definition) is 9. The summed E-state index contributed by atoms with van der Waals surface area (Å²) in [5.74, 6) is -0.649. The summed E-state index contributed by atoms with van der Waals surface area (Å²) < 4.78 is 21.8. The monoisotopic (exact) mass is 379 g/mol. The van der Waals surface area contributed by atoms with Crippen molar-refractivity contribution in [1.82, 2.24) is 9.55 Å². The maximum absolute atomic E-state index is 12.0. The van der Waals surface area contributed by atoms with E-state index in [1.807, 2.05) is 0 Å². The third-order valence-corrected chi connectivity index (χ3v) is 3.64. The zero-order chi connectivity index (χ0) is 19.9. The molecule has 1 aliphatic rings.